The fourth-order valence-electron chi connectivity index (χ4n) is 2.82. The molecule has 150 valence electrons. The van der Waals surface area contributed by atoms with E-state index in [2.05, 4.69) is 10.3 Å². The molecule has 0 aliphatic carbocycles. The molecule has 1 aromatic heterocycles. The SMILES string of the molecule is CC(C)COC(=O)[C@H](Cn1ccnc1)NC(=O)c1ccc(-c2ccccc2)cc1. The molecule has 0 saturated heterocycles. The van der Waals surface area contributed by atoms with Crippen molar-refractivity contribution in [1.29, 1.82) is 0 Å². The maximum absolute atomic E-state index is 12.7. The number of imidazole rings is 1. The van der Waals surface area contributed by atoms with Gasteiger partial charge in [-0.2, -0.15) is 0 Å². The summed E-state index contributed by atoms with van der Waals surface area (Å²) in [4.78, 5) is 29.2. The van der Waals surface area contributed by atoms with Gasteiger partial charge in [0.15, 0.2) is 0 Å². The molecule has 2 aromatic carbocycles. The van der Waals surface area contributed by atoms with Crippen LogP contribution in [0.25, 0.3) is 11.1 Å². The molecule has 0 radical (unpaired) electrons. The van der Waals surface area contributed by atoms with Gasteiger partial charge in [0.2, 0.25) is 0 Å². The molecule has 3 rings (SSSR count). The van der Waals surface area contributed by atoms with Gasteiger partial charge in [0, 0.05) is 18.0 Å². The number of nitrogens with zero attached hydrogens (tertiary/aromatic N) is 2. The molecule has 0 aliphatic rings. The maximum Gasteiger partial charge on any atom is 0.330 e. The first kappa shape index (κ1) is 20.3. The summed E-state index contributed by atoms with van der Waals surface area (Å²) in [5.41, 5.74) is 2.58. The predicted molar refractivity (Wildman–Crippen MR) is 111 cm³/mol. The van der Waals surface area contributed by atoms with Crippen LogP contribution in [0.15, 0.2) is 73.3 Å². The van der Waals surface area contributed by atoms with Crippen molar-refractivity contribution < 1.29 is 14.3 Å². The summed E-state index contributed by atoms with van der Waals surface area (Å²) in [6, 6.07) is 16.4. The Morgan fingerprint density at radius 3 is 2.34 bits per heavy atom. The van der Waals surface area contributed by atoms with Crippen molar-refractivity contribution in [2.45, 2.75) is 26.4 Å². The quantitative estimate of drug-likeness (QED) is 0.596. The van der Waals surface area contributed by atoms with Crippen molar-refractivity contribution in [2.75, 3.05) is 6.61 Å². The third-order valence-corrected chi connectivity index (χ3v) is 4.36. The van der Waals surface area contributed by atoms with Crippen molar-refractivity contribution in [3.63, 3.8) is 0 Å². The fraction of sp³-hybridized carbons (Fsp3) is 0.261. The van der Waals surface area contributed by atoms with Gasteiger partial charge in [0.25, 0.3) is 5.91 Å². The molecular formula is C23H25N3O3. The van der Waals surface area contributed by atoms with E-state index in [1.54, 1.807) is 35.4 Å². The molecule has 0 spiro atoms. The molecule has 1 amide bonds. The van der Waals surface area contributed by atoms with Crippen LogP contribution in [0.1, 0.15) is 24.2 Å². The molecule has 1 heterocycles. The van der Waals surface area contributed by atoms with Crippen molar-refractivity contribution >= 4 is 11.9 Å². The highest BCUT2D eigenvalue weighted by molar-refractivity contribution is 5.97. The first-order valence-electron chi connectivity index (χ1n) is 9.61. The van der Waals surface area contributed by atoms with Crippen LogP contribution in [0.3, 0.4) is 0 Å². The third-order valence-electron chi connectivity index (χ3n) is 4.36. The third kappa shape index (κ3) is 5.78. The molecular weight excluding hydrogens is 366 g/mol. The Morgan fingerprint density at radius 1 is 1.03 bits per heavy atom. The molecule has 29 heavy (non-hydrogen) atoms. The number of aromatic nitrogens is 2. The van der Waals surface area contributed by atoms with Crippen LogP contribution in [-0.2, 0) is 16.1 Å². The van der Waals surface area contributed by atoms with E-state index in [0.29, 0.717) is 12.2 Å². The molecule has 6 heteroatoms. The Morgan fingerprint density at radius 2 is 1.72 bits per heavy atom. The van der Waals surface area contributed by atoms with Crippen LogP contribution in [-0.4, -0.2) is 34.1 Å². The van der Waals surface area contributed by atoms with Crippen molar-refractivity contribution in [2.24, 2.45) is 5.92 Å². The zero-order chi connectivity index (χ0) is 20.6. The number of carbonyl (C=O) groups excluding carboxylic acids is 2. The van der Waals surface area contributed by atoms with Crippen LogP contribution in [0.4, 0.5) is 0 Å². The summed E-state index contributed by atoms with van der Waals surface area (Å²) in [6.07, 6.45) is 4.97. The van der Waals surface area contributed by atoms with E-state index >= 15 is 0 Å². The van der Waals surface area contributed by atoms with E-state index < -0.39 is 12.0 Å². The van der Waals surface area contributed by atoms with Gasteiger partial charge in [-0.15, -0.1) is 0 Å². The molecule has 6 nitrogen and oxygen atoms in total. The minimum atomic E-state index is -0.802. The number of hydrogen-bond donors (Lipinski definition) is 1. The average molecular weight is 391 g/mol. The highest BCUT2D eigenvalue weighted by Crippen LogP contribution is 2.19. The first-order chi connectivity index (χ1) is 14.0. The number of nitrogens with one attached hydrogen (secondary N) is 1. The van der Waals surface area contributed by atoms with Crippen molar-refractivity contribution in [3.05, 3.63) is 78.9 Å². The smallest absolute Gasteiger partial charge is 0.330 e. The molecule has 1 N–H and O–H groups in total. The second-order valence-electron chi connectivity index (χ2n) is 7.25. The maximum atomic E-state index is 12.7. The lowest BCUT2D eigenvalue weighted by Crippen LogP contribution is -2.44. The number of benzene rings is 2. The highest BCUT2D eigenvalue weighted by atomic mass is 16.5. The van der Waals surface area contributed by atoms with Crippen LogP contribution in [0.5, 0.6) is 0 Å². The largest absolute Gasteiger partial charge is 0.464 e. The number of carbonyl (C=O) groups is 2. The van der Waals surface area contributed by atoms with Gasteiger partial charge in [0.05, 0.1) is 19.5 Å². The Labute approximate surface area is 170 Å². The Balaban J connectivity index is 1.70. The van der Waals surface area contributed by atoms with Gasteiger partial charge >= 0.3 is 5.97 Å². The first-order valence-corrected chi connectivity index (χ1v) is 9.61. The number of amides is 1. The standard InChI is InChI=1S/C23H25N3O3/c1-17(2)15-29-23(28)21(14-26-13-12-24-16-26)25-22(27)20-10-8-19(9-11-20)18-6-4-3-5-7-18/h3-13,16-17,21H,14-15H2,1-2H3,(H,25,27)/t21-/m0/s1. The molecule has 0 saturated carbocycles. The van der Waals surface area contributed by atoms with Crippen LogP contribution < -0.4 is 5.32 Å². The zero-order valence-corrected chi connectivity index (χ0v) is 16.6. The van der Waals surface area contributed by atoms with Gasteiger partial charge in [0.1, 0.15) is 6.04 Å². The molecule has 0 unspecified atom stereocenters. The van der Waals surface area contributed by atoms with E-state index in [4.69, 9.17) is 4.74 Å². The minimum Gasteiger partial charge on any atom is -0.464 e. The number of rotatable bonds is 8. The molecule has 3 aromatic rings. The van der Waals surface area contributed by atoms with E-state index in [9.17, 15) is 9.59 Å². The summed E-state index contributed by atoms with van der Waals surface area (Å²) in [5.74, 6) is -0.563. The van der Waals surface area contributed by atoms with Crippen LogP contribution in [0.2, 0.25) is 0 Å². The fourth-order valence-corrected chi connectivity index (χ4v) is 2.82. The lowest BCUT2D eigenvalue weighted by Gasteiger charge is -2.19. The van der Waals surface area contributed by atoms with Gasteiger partial charge < -0.3 is 14.6 Å². The zero-order valence-electron chi connectivity index (χ0n) is 16.6. The Kier molecular flexibility index (Phi) is 6.79. The van der Waals surface area contributed by atoms with E-state index in [1.165, 1.54) is 0 Å². The number of ether oxygens (including phenoxy) is 1. The van der Waals surface area contributed by atoms with Crippen molar-refractivity contribution in [1.82, 2.24) is 14.9 Å². The molecule has 0 fully saturated rings. The van der Waals surface area contributed by atoms with Crippen LogP contribution in [0, 0.1) is 5.92 Å². The van der Waals surface area contributed by atoms with Crippen LogP contribution >= 0.6 is 0 Å². The summed E-state index contributed by atoms with van der Waals surface area (Å²) in [5, 5.41) is 2.79. The Hall–Kier alpha value is -3.41. The van der Waals surface area contributed by atoms with Gasteiger partial charge in [-0.1, -0.05) is 56.3 Å². The van der Waals surface area contributed by atoms with Gasteiger partial charge in [-0.05, 0) is 29.2 Å². The lowest BCUT2D eigenvalue weighted by atomic mass is 10.0. The highest BCUT2D eigenvalue weighted by Gasteiger charge is 2.24. The van der Waals surface area contributed by atoms with Gasteiger partial charge in [-0.3, -0.25) is 4.79 Å². The normalized spacial score (nSPS) is 11.8. The van der Waals surface area contributed by atoms with Crippen molar-refractivity contribution in [3.8, 4) is 11.1 Å². The predicted octanol–water partition coefficient (Wildman–Crippen LogP) is 3.55. The average Bonchev–Trinajstić information content (AvgIpc) is 3.25. The molecule has 1 atom stereocenters. The second kappa shape index (κ2) is 9.68. The van der Waals surface area contributed by atoms with Gasteiger partial charge in [-0.25, -0.2) is 9.78 Å². The second-order valence-corrected chi connectivity index (χ2v) is 7.25. The number of esters is 1. The Bertz CT molecular complexity index is 920. The summed E-state index contributed by atoms with van der Waals surface area (Å²) < 4.78 is 7.08. The van der Waals surface area contributed by atoms with E-state index in [0.717, 1.165) is 11.1 Å². The van der Waals surface area contributed by atoms with E-state index in [-0.39, 0.29) is 18.4 Å². The van der Waals surface area contributed by atoms with E-state index in [1.807, 2.05) is 56.3 Å². The lowest BCUT2D eigenvalue weighted by molar-refractivity contribution is -0.147. The minimum absolute atomic E-state index is 0.217. The summed E-state index contributed by atoms with van der Waals surface area (Å²) in [6.45, 7) is 4.49. The summed E-state index contributed by atoms with van der Waals surface area (Å²) in [7, 11) is 0. The summed E-state index contributed by atoms with van der Waals surface area (Å²) >= 11 is 0. The number of hydrogen-bond acceptors (Lipinski definition) is 4. The topological polar surface area (TPSA) is 73.2 Å². The molecule has 0 bridgehead atoms. The molecule has 0 aliphatic heterocycles. The monoisotopic (exact) mass is 391 g/mol.